The molecule has 0 heterocycles. The van der Waals surface area contributed by atoms with Gasteiger partial charge in [-0.15, -0.1) is 0 Å². The fraction of sp³-hybridized carbons (Fsp3) is 0.0714. The molecule has 2 N–H and O–H groups in total. The highest BCUT2D eigenvalue weighted by Gasteiger charge is 2.12. The van der Waals surface area contributed by atoms with Crippen LogP contribution in [0.4, 0.5) is 5.69 Å². The summed E-state index contributed by atoms with van der Waals surface area (Å²) in [5.74, 6) is 0.680. The van der Waals surface area contributed by atoms with E-state index in [4.69, 9.17) is 10.5 Å². The molecule has 0 spiro atoms. The maximum atomic E-state index is 11.5. The van der Waals surface area contributed by atoms with Gasteiger partial charge in [0, 0.05) is 5.69 Å². The third kappa shape index (κ3) is 3.06. The monoisotopic (exact) mass is 321 g/mol. The second-order valence-electron chi connectivity index (χ2n) is 3.77. The van der Waals surface area contributed by atoms with E-state index in [1.807, 2.05) is 24.3 Å². The molecule has 0 amide bonds. The lowest BCUT2D eigenvalue weighted by Crippen LogP contribution is -2.05. The Kier molecular flexibility index (Phi) is 4.06. The van der Waals surface area contributed by atoms with Crippen LogP contribution in [-0.4, -0.2) is 13.1 Å². The van der Waals surface area contributed by atoms with E-state index in [9.17, 15) is 4.79 Å². The van der Waals surface area contributed by atoms with Gasteiger partial charge < -0.3 is 15.2 Å². The van der Waals surface area contributed by atoms with Gasteiger partial charge in [-0.1, -0.05) is 12.1 Å². The van der Waals surface area contributed by atoms with E-state index in [2.05, 4.69) is 20.7 Å². The van der Waals surface area contributed by atoms with E-state index in [1.54, 1.807) is 18.2 Å². The number of carbonyl (C=O) groups excluding carboxylic acids is 1. The van der Waals surface area contributed by atoms with Crippen molar-refractivity contribution in [2.75, 3.05) is 12.8 Å². The largest absolute Gasteiger partial charge is 0.465 e. The van der Waals surface area contributed by atoms with Crippen molar-refractivity contribution in [3.63, 3.8) is 0 Å². The topological polar surface area (TPSA) is 61.5 Å². The first-order chi connectivity index (χ1) is 9.11. The van der Waals surface area contributed by atoms with Crippen LogP contribution in [0.5, 0.6) is 11.5 Å². The second kappa shape index (κ2) is 5.75. The molecule has 0 aliphatic rings. The molecule has 0 fully saturated rings. The molecular formula is C14H12BrNO3. The van der Waals surface area contributed by atoms with Crippen molar-refractivity contribution in [2.45, 2.75) is 0 Å². The Bertz CT molecular complexity index is 613. The van der Waals surface area contributed by atoms with Gasteiger partial charge >= 0.3 is 5.97 Å². The third-order valence-corrected chi connectivity index (χ3v) is 3.15. The summed E-state index contributed by atoms with van der Waals surface area (Å²) in [6, 6.07) is 12.3. The molecule has 19 heavy (non-hydrogen) atoms. The molecule has 0 saturated carbocycles. The van der Waals surface area contributed by atoms with E-state index >= 15 is 0 Å². The molecular weight excluding hydrogens is 310 g/mol. The van der Waals surface area contributed by atoms with Crippen LogP contribution in [0, 0.1) is 0 Å². The highest BCUT2D eigenvalue weighted by molar-refractivity contribution is 9.10. The van der Waals surface area contributed by atoms with Gasteiger partial charge in [-0.3, -0.25) is 0 Å². The van der Waals surface area contributed by atoms with E-state index in [0.29, 0.717) is 17.2 Å². The second-order valence-corrected chi connectivity index (χ2v) is 4.63. The smallest absolute Gasteiger partial charge is 0.340 e. The van der Waals surface area contributed by atoms with Crippen LogP contribution in [0.25, 0.3) is 0 Å². The zero-order valence-corrected chi connectivity index (χ0v) is 11.8. The lowest BCUT2D eigenvalue weighted by Gasteiger charge is -2.10. The number of rotatable bonds is 3. The highest BCUT2D eigenvalue weighted by atomic mass is 79.9. The quantitative estimate of drug-likeness (QED) is 0.693. The molecule has 0 radical (unpaired) electrons. The van der Waals surface area contributed by atoms with Crippen LogP contribution < -0.4 is 10.5 Å². The van der Waals surface area contributed by atoms with Crippen LogP contribution in [0.2, 0.25) is 0 Å². The van der Waals surface area contributed by atoms with Gasteiger partial charge in [0.2, 0.25) is 0 Å². The molecule has 2 rings (SSSR count). The Morgan fingerprint density at radius 3 is 2.63 bits per heavy atom. The van der Waals surface area contributed by atoms with Crippen molar-refractivity contribution in [1.29, 1.82) is 0 Å². The molecule has 2 aromatic carbocycles. The van der Waals surface area contributed by atoms with E-state index in [0.717, 1.165) is 4.47 Å². The van der Waals surface area contributed by atoms with E-state index in [-0.39, 0.29) is 5.56 Å². The average Bonchev–Trinajstić information content (AvgIpc) is 2.42. The molecule has 0 saturated heterocycles. The Morgan fingerprint density at radius 1 is 1.21 bits per heavy atom. The summed E-state index contributed by atoms with van der Waals surface area (Å²) in [4.78, 5) is 11.5. The van der Waals surface area contributed by atoms with E-state index < -0.39 is 5.97 Å². The Balaban J connectivity index is 2.32. The Morgan fingerprint density at radius 2 is 1.95 bits per heavy atom. The summed E-state index contributed by atoms with van der Waals surface area (Å²) >= 11 is 3.39. The maximum Gasteiger partial charge on any atom is 0.340 e. The van der Waals surface area contributed by atoms with Crippen LogP contribution in [0.3, 0.4) is 0 Å². The summed E-state index contributed by atoms with van der Waals surface area (Å²) in [6.07, 6.45) is 0. The van der Waals surface area contributed by atoms with Crippen molar-refractivity contribution >= 4 is 27.6 Å². The van der Waals surface area contributed by atoms with Crippen LogP contribution in [0.15, 0.2) is 46.9 Å². The average molecular weight is 322 g/mol. The van der Waals surface area contributed by atoms with Gasteiger partial charge in [0.15, 0.2) is 0 Å². The van der Waals surface area contributed by atoms with Crippen molar-refractivity contribution in [1.82, 2.24) is 0 Å². The molecule has 0 aliphatic heterocycles. The zero-order chi connectivity index (χ0) is 13.8. The standard InChI is InChI=1S/C14H12BrNO3/c1-18-14(17)10-8-9(6-7-12(10)16)19-13-5-3-2-4-11(13)15/h2-8H,16H2,1H3. The van der Waals surface area contributed by atoms with Crippen LogP contribution >= 0.6 is 15.9 Å². The van der Waals surface area contributed by atoms with Gasteiger partial charge in [0.1, 0.15) is 11.5 Å². The Hall–Kier alpha value is -2.01. The zero-order valence-electron chi connectivity index (χ0n) is 10.2. The normalized spacial score (nSPS) is 10.0. The minimum atomic E-state index is -0.491. The maximum absolute atomic E-state index is 11.5. The lowest BCUT2D eigenvalue weighted by atomic mass is 10.1. The van der Waals surface area contributed by atoms with Crippen molar-refractivity contribution in [3.05, 3.63) is 52.5 Å². The first-order valence-corrected chi connectivity index (χ1v) is 6.31. The number of anilines is 1. The number of hydrogen-bond acceptors (Lipinski definition) is 4. The van der Waals surface area contributed by atoms with Gasteiger partial charge in [-0.05, 0) is 46.3 Å². The predicted molar refractivity (Wildman–Crippen MR) is 76.4 cm³/mol. The van der Waals surface area contributed by atoms with Crippen molar-refractivity contribution < 1.29 is 14.3 Å². The van der Waals surface area contributed by atoms with Crippen molar-refractivity contribution in [2.24, 2.45) is 0 Å². The molecule has 0 aliphatic carbocycles. The number of methoxy groups -OCH3 is 1. The van der Waals surface area contributed by atoms with Crippen LogP contribution in [0.1, 0.15) is 10.4 Å². The first-order valence-electron chi connectivity index (χ1n) is 5.52. The fourth-order valence-corrected chi connectivity index (χ4v) is 1.91. The number of ether oxygens (including phenoxy) is 2. The predicted octanol–water partition coefficient (Wildman–Crippen LogP) is 3.61. The lowest BCUT2D eigenvalue weighted by molar-refractivity contribution is 0.0601. The number of para-hydroxylation sites is 1. The number of carbonyl (C=O) groups is 1. The van der Waals surface area contributed by atoms with Crippen molar-refractivity contribution in [3.8, 4) is 11.5 Å². The van der Waals surface area contributed by atoms with Crippen LogP contribution in [-0.2, 0) is 4.74 Å². The minimum absolute atomic E-state index is 0.284. The number of hydrogen-bond donors (Lipinski definition) is 1. The molecule has 0 aromatic heterocycles. The summed E-state index contributed by atoms with van der Waals surface area (Å²) in [5, 5.41) is 0. The van der Waals surface area contributed by atoms with Gasteiger partial charge in [-0.2, -0.15) is 0 Å². The minimum Gasteiger partial charge on any atom is -0.465 e. The molecule has 0 atom stereocenters. The number of nitrogens with two attached hydrogens (primary N) is 1. The number of nitrogen functional groups attached to an aromatic ring is 1. The van der Waals surface area contributed by atoms with Gasteiger partial charge in [0.25, 0.3) is 0 Å². The molecule has 0 unspecified atom stereocenters. The molecule has 2 aromatic rings. The van der Waals surface area contributed by atoms with Gasteiger partial charge in [0.05, 0.1) is 17.1 Å². The fourth-order valence-electron chi connectivity index (χ4n) is 1.54. The SMILES string of the molecule is COC(=O)c1cc(Oc2ccccc2Br)ccc1N. The molecule has 4 nitrogen and oxygen atoms in total. The summed E-state index contributed by atoms with van der Waals surface area (Å²) in [7, 11) is 1.31. The van der Waals surface area contributed by atoms with Gasteiger partial charge in [-0.25, -0.2) is 4.79 Å². The first kappa shape index (κ1) is 13.4. The summed E-state index contributed by atoms with van der Waals surface area (Å²) in [5.41, 5.74) is 6.36. The summed E-state index contributed by atoms with van der Waals surface area (Å²) in [6.45, 7) is 0. The number of halogens is 1. The highest BCUT2D eigenvalue weighted by Crippen LogP contribution is 2.30. The molecule has 98 valence electrons. The number of esters is 1. The third-order valence-electron chi connectivity index (χ3n) is 2.49. The molecule has 5 heteroatoms. The number of benzene rings is 2. The summed E-state index contributed by atoms with van der Waals surface area (Å²) < 4.78 is 11.2. The Labute approximate surface area is 119 Å². The van der Waals surface area contributed by atoms with E-state index in [1.165, 1.54) is 7.11 Å². The molecule has 0 bridgehead atoms.